The number of aliphatic hydroxyl groups is 1. The van der Waals surface area contributed by atoms with Gasteiger partial charge in [0, 0.05) is 38.8 Å². The van der Waals surface area contributed by atoms with Gasteiger partial charge in [-0.25, -0.2) is 0 Å². The van der Waals surface area contributed by atoms with Crippen LogP contribution in [0.4, 0.5) is 13.2 Å². The highest BCUT2D eigenvalue weighted by molar-refractivity contribution is 5.78. The third-order valence-corrected chi connectivity index (χ3v) is 5.90. The summed E-state index contributed by atoms with van der Waals surface area (Å²) < 4.78 is 43.2. The summed E-state index contributed by atoms with van der Waals surface area (Å²) in [6.07, 6.45) is 0.663. The van der Waals surface area contributed by atoms with E-state index in [1.54, 1.807) is 0 Å². The first-order valence-corrected chi connectivity index (χ1v) is 11.0. The number of rotatable bonds is 8. The van der Waals surface area contributed by atoms with E-state index in [1.165, 1.54) is 31.4 Å². The number of carbonyl (C=O) groups excluding carboxylic acids is 1. The van der Waals surface area contributed by atoms with E-state index >= 15 is 0 Å². The average Bonchev–Trinajstić information content (AvgIpc) is 2.74. The number of hydrogen-bond donors (Lipinski definition) is 2. The number of carbonyl (C=O) groups is 1. The van der Waals surface area contributed by atoms with Crippen molar-refractivity contribution in [3.63, 3.8) is 0 Å². The van der Waals surface area contributed by atoms with E-state index in [0.717, 1.165) is 51.2 Å². The molecule has 2 N–H and O–H groups in total. The number of β-amino-alcohol motifs (C(OH)–C–C–N with tert-alkyl or cyclic N) is 1. The molecule has 0 aromatic heterocycles. The molecule has 0 bridgehead atoms. The largest absolute Gasteiger partial charge is 0.491 e. The zero-order valence-corrected chi connectivity index (χ0v) is 17.7. The van der Waals surface area contributed by atoms with Crippen LogP contribution in [0.5, 0.6) is 5.75 Å². The second-order valence-corrected chi connectivity index (χ2v) is 8.47. The first kappa shape index (κ1) is 23.8. The third kappa shape index (κ3) is 7.97. The molecule has 1 saturated carbocycles. The monoisotopic (exact) mass is 443 g/mol. The molecule has 6 nitrogen and oxygen atoms in total. The molecule has 0 spiro atoms. The highest BCUT2D eigenvalue weighted by atomic mass is 19.4. The summed E-state index contributed by atoms with van der Waals surface area (Å²) in [6, 6.07) is 4.76. The fourth-order valence-corrected chi connectivity index (χ4v) is 4.14. The van der Waals surface area contributed by atoms with Crippen molar-refractivity contribution in [2.75, 3.05) is 45.9 Å². The Morgan fingerprint density at radius 2 is 1.68 bits per heavy atom. The van der Waals surface area contributed by atoms with E-state index in [1.807, 2.05) is 0 Å². The van der Waals surface area contributed by atoms with Crippen LogP contribution >= 0.6 is 0 Å². The van der Waals surface area contributed by atoms with E-state index < -0.39 is 17.8 Å². The van der Waals surface area contributed by atoms with Crippen LogP contribution < -0.4 is 10.1 Å². The van der Waals surface area contributed by atoms with Gasteiger partial charge in [0.15, 0.2) is 0 Å². The van der Waals surface area contributed by atoms with Crippen LogP contribution in [0.15, 0.2) is 24.3 Å². The van der Waals surface area contributed by atoms with Gasteiger partial charge in [0.2, 0.25) is 5.91 Å². The van der Waals surface area contributed by atoms with Gasteiger partial charge in [-0.1, -0.05) is 19.3 Å². The molecule has 1 saturated heterocycles. The average molecular weight is 444 g/mol. The van der Waals surface area contributed by atoms with Crippen molar-refractivity contribution in [2.24, 2.45) is 0 Å². The molecule has 3 rings (SSSR count). The minimum atomic E-state index is -4.38. The molecule has 2 aliphatic rings. The number of nitrogens with zero attached hydrogens (tertiary/aromatic N) is 2. The van der Waals surface area contributed by atoms with Crippen molar-refractivity contribution in [1.29, 1.82) is 0 Å². The van der Waals surface area contributed by atoms with Gasteiger partial charge >= 0.3 is 6.18 Å². The maximum Gasteiger partial charge on any atom is 0.416 e. The molecule has 1 unspecified atom stereocenters. The number of ether oxygens (including phenoxy) is 1. The Morgan fingerprint density at radius 3 is 2.29 bits per heavy atom. The lowest BCUT2D eigenvalue weighted by Crippen LogP contribution is -2.52. The molecule has 1 aliphatic carbocycles. The third-order valence-electron chi connectivity index (χ3n) is 5.90. The van der Waals surface area contributed by atoms with Crippen molar-refractivity contribution in [3.8, 4) is 5.75 Å². The number of hydrogen-bond acceptors (Lipinski definition) is 5. The van der Waals surface area contributed by atoms with Gasteiger partial charge < -0.3 is 15.2 Å². The number of nitrogens with one attached hydrogen (secondary N) is 1. The molecule has 1 amide bonds. The molecule has 1 aromatic carbocycles. The zero-order valence-electron chi connectivity index (χ0n) is 17.7. The van der Waals surface area contributed by atoms with Crippen molar-refractivity contribution >= 4 is 5.91 Å². The predicted octanol–water partition coefficient (Wildman–Crippen LogP) is 2.51. The Morgan fingerprint density at radius 1 is 1.06 bits per heavy atom. The Kier molecular flexibility index (Phi) is 8.57. The molecule has 31 heavy (non-hydrogen) atoms. The number of piperazine rings is 1. The summed E-state index contributed by atoms with van der Waals surface area (Å²) in [7, 11) is 0. The van der Waals surface area contributed by atoms with Gasteiger partial charge in [-0.3, -0.25) is 14.6 Å². The van der Waals surface area contributed by atoms with E-state index in [0.29, 0.717) is 24.9 Å². The maximum absolute atomic E-state index is 12.6. The SMILES string of the molecule is O=C(CN1CCN(CC(O)COc2ccc(C(F)(F)F)cc2)CC1)NC1CCCCC1. The van der Waals surface area contributed by atoms with Crippen molar-refractivity contribution in [3.05, 3.63) is 29.8 Å². The summed E-state index contributed by atoms with van der Waals surface area (Å²) >= 11 is 0. The second kappa shape index (κ2) is 11.2. The number of amides is 1. The molecular formula is C22H32F3N3O3. The van der Waals surface area contributed by atoms with Gasteiger partial charge in [-0.2, -0.15) is 13.2 Å². The molecule has 1 heterocycles. The smallest absolute Gasteiger partial charge is 0.416 e. The van der Waals surface area contributed by atoms with Gasteiger partial charge in [-0.05, 0) is 37.1 Å². The zero-order chi connectivity index (χ0) is 22.3. The minimum absolute atomic E-state index is 0.00930. The number of halogens is 3. The summed E-state index contributed by atoms with van der Waals surface area (Å²) in [5.74, 6) is 0.381. The van der Waals surface area contributed by atoms with E-state index in [9.17, 15) is 23.1 Å². The Hall–Kier alpha value is -1.84. The minimum Gasteiger partial charge on any atom is -0.491 e. The number of alkyl halides is 3. The van der Waals surface area contributed by atoms with E-state index in [2.05, 4.69) is 15.1 Å². The molecule has 0 radical (unpaired) electrons. The van der Waals surface area contributed by atoms with Gasteiger partial charge in [0.05, 0.1) is 12.1 Å². The Balaban J connectivity index is 1.31. The summed E-state index contributed by atoms with van der Waals surface area (Å²) in [4.78, 5) is 16.5. The quantitative estimate of drug-likeness (QED) is 0.647. The van der Waals surface area contributed by atoms with Crippen LogP contribution in [0, 0.1) is 0 Å². The summed E-state index contributed by atoms with van der Waals surface area (Å²) in [5, 5.41) is 13.4. The fourth-order valence-electron chi connectivity index (χ4n) is 4.14. The highest BCUT2D eigenvalue weighted by Gasteiger charge is 2.30. The molecule has 1 atom stereocenters. The molecule has 174 valence electrons. The topological polar surface area (TPSA) is 65.0 Å². The van der Waals surface area contributed by atoms with Crippen LogP contribution in [0.2, 0.25) is 0 Å². The van der Waals surface area contributed by atoms with Crippen LogP contribution in [-0.2, 0) is 11.0 Å². The summed E-state index contributed by atoms with van der Waals surface area (Å²) in [6.45, 7) is 3.83. The maximum atomic E-state index is 12.6. The number of aliphatic hydroxyl groups excluding tert-OH is 1. The van der Waals surface area contributed by atoms with Gasteiger partial charge in [0.1, 0.15) is 18.5 Å². The van der Waals surface area contributed by atoms with Gasteiger partial charge in [-0.15, -0.1) is 0 Å². The Bertz CT molecular complexity index is 685. The first-order valence-electron chi connectivity index (χ1n) is 11.0. The van der Waals surface area contributed by atoms with E-state index in [-0.39, 0.29) is 12.5 Å². The van der Waals surface area contributed by atoms with E-state index in [4.69, 9.17) is 4.74 Å². The Labute approximate surface area is 181 Å². The normalized spacial score (nSPS) is 20.4. The van der Waals surface area contributed by atoms with Crippen LogP contribution in [0.1, 0.15) is 37.7 Å². The molecular weight excluding hydrogens is 411 g/mol. The lowest BCUT2D eigenvalue weighted by Gasteiger charge is -2.35. The van der Waals surface area contributed by atoms with Crippen LogP contribution in [-0.4, -0.2) is 78.8 Å². The lowest BCUT2D eigenvalue weighted by molar-refractivity contribution is -0.137. The summed E-state index contributed by atoms with van der Waals surface area (Å²) in [5.41, 5.74) is -0.731. The van der Waals surface area contributed by atoms with Crippen molar-refractivity contribution in [2.45, 2.75) is 50.4 Å². The van der Waals surface area contributed by atoms with Crippen LogP contribution in [0.3, 0.4) is 0 Å². The molecule has 1 aliphatic heterocycles. The first-order chi connectivity index (χ1) is 14.8. The van der Waals surface area contributed by atoms with Crippen molar-refractivity contribution in [1.82, 2.24) is 15.1 Å². The molecule has 1 aromatic rings. The van der Waals surface area contributed by atoms with Gasteiger partial charge in [0.25, 0.3) is 0 Å². The predicted molar refractivity (Wildman–Crippen MR) is 111 cm³/mol. The fraction of sp³-hybridized carbons (Fsp3) is 0.682. The standard InChI is InChI=1S/C22H32F3N3O3/c23-22(24,25)17-6-8-20(9-7-17)31-16-19(29)14-27-10-12-28(13-11-27)15-21(30)26-18-4-2-1-3-5-18/h6-9,18-19,29H,1-5,10-16H2,(H,26,30). The lowest BCUT2D eigenvalue weighted by atomic mass is 9.95. The van der Waals surface area contributed by atoms with Crippen molar-refractivity contribution < 1.29 is 27.8 Å². The molecule has 2 fully saturated rings. The second-order valence-electron chi connectivity index (χ2n) is 8.47. The molecule has 9 heteroatoms. The van der Waals surface area contributed by atoms with Crippen LogP contribution in [0.25, 0.3) is 0 Å². The highest BCUT2D eigenvalue weighted by Crippen LogP contribution is 2.30. The number of benzene rings is 1.